The van der Waals surface area contributed by atoms with Crippen molar-refractivity contribution in [3.05, 3.63) is 40.5 Å². The number of benzene rings is 1. The van der Waals surface area contributed by atoms with Crippen molar-refractivity contribution in [2.75, 3.05) is 0 Å². The maximum atomic E-state index is 10.6. The zero-order valence-corrected chi connectivity index (χ0v) is 8.66. The normalized spacial score (nSPS) is 11.5. The predicted octanol–water partition coefficient (Wildman–Crippen LogP) is 2.79. The van der Waals surface area contributed by atoms with Crippen molar-refractivity contribution >= 4 is 12.0 Å². The van der Waals surface area contributed by atoms with Gasteiger partial charge in [-0.05, 0) is 38.0 Å². The highest BCUT2D eigenvalue weighted by Crippen LogP contribution is 2.14. The minimum absolute atomic E-state index is 0.360. The van der Waals surface area contributed by atoms with Gasteiger partial charge in [-0.3, -0.25) is 0 Å². The Bertz CT molecular complexity index is 389. The summed E-state index contributed by atoms with van der Waals surface area (Å²) in [5.41, 5.74) is 3.57. The van der Waals surface area contributed by atoms with E-state index in [2.05, 4.69) is 0 Å². The third kappa shape index (κ3) is 2.46. The molecule has 0 saturated heterocycles. The van der Waals surface area contributed by atoms with E-state index in [9.17, 15) is 4.79 Å². The van der Waals surface area contributed by atoms with Crippen LogP contribution < -0.4 is 0 Å². The summed E-state index contributed by atoms with van der Waals surface area (Å²) >= 11 is 0. The number of carboxylic acids is 1. The molecule has 0 aliphatic carbocycles. The van der Waals surface area contributed by atoms with Gasteiger partial charge >= 0.3 is 5.97 Å². The lowest BCUT2D eigenvalue weighted by atomic mass is 10.0. The molecule has 0 aliphatic heterocycles. The zero-order chi connectivity index (χ0) is 10.7. The van der Waals surface area contributed by atoms with Crippen LogP contribution in [0, 0.1) is 13.8 Å². The standard InChI is InChI=1S/C12H14O2/c1-8-4-5-9(2)11(6-8)7-10(3)12(13)14/h4-7H,1-3H3,(H,13,14)/b10-7+. The van der Waals surface area contributed by atoms with Crippen molar-refractivity contribution in [1.29, 1.82) is 0 Å². The van der Waals surface area contributed by atoms with E-state index in [1.54, 1.807) is 13.0 Å². The molecule has 1 rings (SSSR count). The fraction of sp³-hybridized carbons (Fsp3) is 0.250. The Morgan fingerprint density at radius 1 is 1.36 bits per heavy atom. The lowest BCUT2D eigenvalue weighted by Crippen LogP contribution is -1.96. The number of hydrogen-bond donors (Lipinski definition) is 1. The molecule has 0 unspecified atom stereocenters. The molecule has 0 heterocycles. The van der Waals surface area contributed by atoms with Crippen LogP contribution >= 0.6 is 0 Å². The molecule has 0 aliphatic rings. The highest BCUT2D eigenvalue weighted by molar-refractivity contribution is 5.91. The lowest BCUT2D eigenvalue weighted by Gasteiger charge is -2.02. The Hall–Kier alpha value is -1.57. The topological polar surface area (TPSA) is 37.3 Å². The second-order valence-electron chi connectivity index (χ2n) is 3.49. The smallest absolute Gasteiger partial charge is 0.331 e. The van der Waals surface area contributed by atoms with Crippen LogP contribution in [0.5, 0.6) is 0 Å². The molecular formula is C12H14O2. The van der Waals surface area contributed by atoms with E-state index in [-0.39, 0.29) is 0 Å². The van der Waals surface area contributed by atoms with Crippen LogP contribution in [0.25, 0.3) is 6.08 Å². The van der Waals surface area contributed by atoms with Gasteiger partial charge < -0.3 is 5.11 Å². The van der Waals surface area contributed by atoms with E-state index in [1.807, 2.05) is 32.0 Å². The average molecular weight is 190 g/mol. The molecule has 0 aromatic heterocycles. The maximum Gasteiger partial charge on any atom is 0.331 e. The van der Waals surface area contributed by atoms with Gasteiger partial charge in [-0.1, -0.05) is 23.8 Å². The van der Waals surface area contributed by atoms with Gasteiger partial charge in [0.15, 0.2) is 0 Å². The van der Waals surface area contributed by atoms with Gasteiger partial charge in [0.1, 0.15) is 0 Å². The lowest BCUT2D eigenvalue weighted by molar-refractivity contribution is -0.132. The van der Waals surface area contributed by atoms with Crippen molar-refractivity contribution < 1.29 is 9.90 Å². The number of hydrogen-bond acceptors (Lipinski definition) is 1. The molecule has 14 heavy (non-hydrogen) atoms. The van der Waals surface area contributed by atoms with Crippen molar-refractivity contribution in [1.82, 2.24) is 0 Å². The molecule has 0 amide bonds. The van der Waals surface area contributed by atoms with Gasteiger partial charge in [-0.25, -0.2) is 4.79 Å². The summed E-state index contributed by atoms with van der Waals surface area (Å²) in [4.78, 5) is 10.6. The first-order chi connectivity index (χ1) is 6.50. The molecule has 1 aromatic carbocycles. The van der Waals surface area contributed by atoms with E-state index < -0.39 is 5.97 Å². The van der Waals surface area contributed by atoms with E-state index in [0.29, 0.717) is 5.57 Å². The predicted molar refractivity (Wildman–Crippen MR) is 57.2 cm³/mol. The molecule has 1 aromatic rings. The molecule has 2 nitrogen and oxygen atoms in total. The number of aryl methyl sites for hydroxylation is 2. The van der Waals surface area contributed by atoms with E-state index in [4.69, 9.17) is 5.11 Å². The second-order valence-corrected chi connectivity index (χ2v) is 3.49. The SMILES string of the molecule is C/C(=C\c1cc(C)ccc1C)C(=O)O. The van der Waals surface area contributed by atoms with Crippen LogP contribution in [-0.2, 0) is 4.79 Å². The number of carbonyl (C=O) groups is 1. The number of rotatable bonds is 2. The Morgan fingerprint density at radius 3 is 2.57 bits per heavy atom. The Kier molecular flexibility index (Phi) is 3.07. The number of carboxylic acid groups (broad SMARTS) is 1. The quantitative estimate of drug-likeness (QED) is 0.728. The highest BCUT2D eigenvalue weighted by Gasteiger charge is 2.01. The monoisotopic (exact) mass is 190 g/mol. The van der Waals surface area contributed by atoms with Crippen molar-refractivity contribution in [3.8, 4) is 0 Å². The Balaban J connectivity index is 3.13. The molecule has 0 spiro atoms. The highest BCUT2D eigenvalue weighted by atomic mass is 16.4. The molecule has 0 radical (unpaired) electrons. The van der Waals surface area contributed by atoms with Crippen molar-refractivity contribution in [3.63, 3.8) is 0 Å². The summed E-state index contributed by atoms with van der Waals surface area (Å²) in [5, 5.41) is 8.74. The van der Waals surface area contributed by atoms with Crippen molar-refractivity contribution in [2.24, 2.45) is 0 Å². The van der Waals surface area contributed by atoms with Gasteiger partial charge in [0.25, 0.3) is 0 Å². The van der Waals surface area contributed by atoms with E-state index in [0.717, 1.165) is 16.7 Å². The van der Waals surface area contributed by atoms with Crippen LogP contribution in [0.1, 0.15) is 23.6 Å². The summed E-state index contributed by atoms with van der Waals surface area (Å²) in [6.45, 7) is 5.57. The molecule has 0 bridgehead atoms. The molecule has 2 heteroatoms. The molecule has 74 valence electrons. The number of aliphatic carboxylic acids is 1. The third-order valence-electron chi connectivity index (χ3n) is 2.14. The summed E-state index contributed by atoms with van der Waals surface area (Å²) in [7, 11) is 0. The summed E-state index contributed by atoms with van der Waals surface area (Å²) in [6.07, 6.45) is 1.70. The minimum Gasteiger partial charge on any atom is -0.478 e. The first kappa shape index (κ1) is 10.5. The summed E-state index contributed by atoms with van der Waals surface area (Å²) < 4.78 is 0. The Morgan fingerprint density at radius 2 is 2.00 bits per heavy atom. The minimum atomic E-state index is -0.870. The van der Waals surface area contributed by atoms with E-state index >= 15 is 0 Å². The summed E-state index contributed by atoms with van der Waals surface area (Å²) in [5.74, 6) is -0.870. The molecular weight excluding hydrogens is 176 g/mol. The molecule has 0 saturated carbocycles. The Labute approximate surface area is 83.9 Å². The molecule has 0 atom stereocenters. The van der Waals surface area contributed by atoms with Gasteiger partial charge in [-0.15, -0.1) is 0 Å². The van der Waals surface area contributed by atoms with Gasteiger partial charge in [0.2, 0.25) is 0 Å². The van der Waals surface area contributed by atoms with Crippen LogP contribution in [0.15, 0.2) is 23.8 Å². The fourth-order valence-corrected chi connectivity index (χ4v) is 1.21. The maximum absolute atomic E-state index is 10.6. The van der Waals surface area contributed by atoms with Crippen LogP contribution in [0.4, 0.5) is 0 Å². The summed E-state index contributed by atoms with van der Waals surface area (Å²) in [6, 6.07) is 6.00. The molecule has 1 N–H and O–H groups in total. The first-order valence-electron chi connectivity index (χ1n) is 4.49. The van der Waals surface area contributed by atoms with Gasteiger partial charge in [0, 0.05) is 5.57 Å². The second kappa shape index (κ2) is 4.09. The fourth-order valence-electron chi connectivity index (χ4n) is 1.21. The van der Waals surface area contributed by atoms with Crippen LogP contribution in [0.3, 0.4) is 0 Å². The average Bonchev–Trinajstić information content (AvgIpc) is 2.11. The molecule has 0 fully saturated rings. The van der Waals surface area contributed by atoms with Crippen LogP contribution in [0.2, 0.25) is 0 Å². The first-order valence-corrected chi connectivity index (χ1v) is 4.49. The van der Waals surface area contributed by atoms with Crippen LogP contribution in [-0.4, -0.2) is 11.1 Å². The third-order valence-corrected chi connectivity index (χ3v) is 2.14. The van der Waals surface area contributed by atoms with Crippen molar-refractivity contribution in [2.45, 2.75) is 20.8 Å². The zero-order valence-electron chi connectivity index (χ0n) is 8.66. The largest absolute Gasteiger partial charge is 0.478 e. The van der Waals surface area contributed by atoms with Gasteiger partial charge in [0.05, 0.1) is 0 Å². The van der Waals surface area contributed by atoms with E-state index in [1.165, 1.54) is 0 Å². The van der Waals surface area contributed by atoms with Gasteiger partial charge in [-0.2, -0.15) is 0 Å².